The second-order valence-electron chi connectivity index (χ2n) is 5.68. The molecule has 22 heavy (non-hydrogen) atoms. The number of hydrogen-bond donors (Lipinski definition) is 0. The van der Waals surface area contributed by atoms with E-state index in [1.165, 1.54) is 7.11 Å². The summed E-state index contributed by atoms with van der Waals surface area (Å²) in [5.74, 6) is -0.0533. The smallest absolute Gasteiger partial charge is 0.305 e. The minimum absolute atomic E-state index is 0.0493. The average molecular weight is 302 g/mol. The van der Waals surface area contributed by atoms with Gasteiger partial charge in [-0.1, -0.05) is 43.0 Å². The molecule has 4 nitrogen and oxygen atoms in total. The van der Waals surface area contributed by atoms with Gasteiger partial charge in [0.25, 0.3) is 0 Å². The zero-order valence-corrected chi connectivity index (χ0v) is 12.9. The van der Waals surface area contributed by atoms with Crippen molar-refractivity contribution in [3.63, 3.8) is 0 Å². The molecule has 0 saturated heterocycles. The van der Waals surface area contributed by atoms with E-state index in [2.05, 4.69) is 11.3 Å². The Morgan fingerprint density at radius 3 is 2.77 bits per heavy atom. The van der Waals surface area contributed by atoms with Crippen LogP contribution >= 0.6 is 0 Å². The molecule has 118 valence electrons. The van der Waals surface area contributed by atoms with Crippen LogP contribution in [-0.4, -0.2) is 24.5 Å². The largest absolute Gasteiger partial charge is 0.469 e. The van der Waals surface area contributed by atoms with E-state index in [1.807, 2.05) is 30.3 Å². The van der Waals surface area contributed by atoms with Gasteiger partial charge in [-0.3, -0.25) is 9.59 Å². The normalized spacial score (nSPS) is 24.2. The van der Waals surface area contributed by atoms with Crippen molar-refractivity contribution in [2.24, 2.45) is 5.92 Å². The van der Waals surface area contributed by atoms with Crippen LogP contribution < -0.4 is 0 Å². The molecule has 1 aliphatic rings. The summed E-state index contributed by atoms with van der Waals surface area (Å²) < 4.78 is 10.6. The Labute approximate surface area is 131 Å². The third-order valence-electron chi connectivity index (χ3n) is 4.19. The Balaban J connectivity index is 1.95. The fourth-order valence-electron chi connectivity index (χ4n) is 2.86. The number of esters is 1. The van der Waals surface area contributed by atoms with Crippen LogP contribution in [0.15, 0.2) is 43.0 Å². The van der Waals surface area contributed by atoms with Crippen LogP contribution in [0.4, 0.5) is 0 Å². The zero-order chi connectivity index (χ0) is 16.0. The molecule has 0 bridgehead atoms. The summed E-state index contributed by atoms with van der Waals surface area (Å²) in [6.45, 7) is 4.16. The first-order chi connectivity index (χ1) is 10.6. The number of rotatable bonds is 7. The van der Waals surface area contributed by atoms with Crippen LogP contribution in [0.1, 0.15) is 31.2 Å². The summed E-state index contributed by atoms with van der Waals surface area (Å²) in [6.07, 6.45) is 3.59. The number of Topliss-reactive ketones (excluding diaryl/α,β-unsaturated/α-hetero) is 1. The molecule has 0 unspecified atom stereocenters. The zero-order valence-electron chi connectivity index (χ0n) is 12.9. The highest BCUT2D eigenvalue weighted by atomic mass is 16.5. The Bertz CT molecular complexity index is 537. The monoisotopic (exact) mass is 302 g/mol. The van der Waals surface area contributed by atoms with E-state index in [9.17, 15) is 9.59 Å². The van der Waals surface area contributed by atoms with E-state index in [4.69, 9.17) is 4.74 Å². The van der Waals surface area contributed by atoms with E-state index in [1.54, 1.807) is 6.08 Å². The molecular formula is C18H22O4. The molecule has 0 radical (unpaired) electrons. The standard InChI is InChI=1S/C18H22O4/c1-3-18(22-13-14-7-5-4-6-8-14)12-15(11-16(18)19)9-10-17(20)21-2/h3-8,15H,1,9-13H2,2H3/t15-,18+/m1/s1. The average Bonchev–Trinajstić information content (AvgIpc) is 2.88. The number of ether oxygens (including phenoxy) is 2. The third-order valence-corrected chi connectivity index (χ3v) is 4.19. The molecule has 1 aromatic carbocycles. The summed E-state index contributed by atoms with van der Waals surface area (Å²) in [5.41, 5.74) is 0.103. The number of carbonyl (C=O) groups is 2. The topological polar surface area (TPSA) is 52.6 Å². The Kier molecular flexibility index (Phi) is 5.50. The van der Waals surface area contributed by atoms with Gasteiger partial charge in [0.15, 0.2) is 5.78 Å². The van der Waals surface area contributed by atoms with E-state index in [0.29, 0.717) is 32.3 Å². The van der Waals surface area contributed by atoms with Crippen LogP contribution in [-0.2, 0) is 25.7 Å². The number of benzene rings is 1. The highest BCUT2D eigenvalue weighted by Gasteiger charge is 2.45. The van der Waals surface area contributed by atoms with Gasteiger partial charge in [0.1, 0.15) is 5.60 Å². The van der Waals surface area contributed by atoms with Gasteiger partial charge in [0, 0.05) is 12.8 Å². The van der Waals surface area contributed by atoms with Crippen LogP contribution in [0.2, 0.25) is 0 Å². The molecule has 0 aliphatic heterocycles. The lowest BCUT2D eigenvalue weighted by Crippen LogP contribution is -2.34. The first kappa shape index (κ1) is 16.4. The highest BCUT2D eigenvalue weighted by molar-refractivity contribution is 5.91. The molecule has 2 atom stereocenters. The molecule has 1 aliphatic carbocycles. The minimum Gasteiger partial charge on any atom is -0.469 e. The van der Waals surface area contributed by atoms with Crippen molar-refractivity contribution in [1.29, 1.82) is 0 Å². The lowest BCUT2D eigenvalue weighted by atomic mass is 9.96. The first-order valence-electron chi connectivity index (χ1n) is 7.51. The fraction of sp³-hybridized carbons (Fsp3) is 0.444. The van der Waals surface area contributed by atoms with E-state index in [-0.39, 0.29) is 17.7 Å². The third kappa shape index (κ3) is 3.83. The SMILES string of the molecule is C=C[C@]1(OCc2ccccc2)C[C@H](CCC(=O)OC)CC1=O. The Hall–Kier alpha value is -1.94. The predicted octanol–water partition coefficient (Wildman–Crippen LogP) is 3.06. The van der Waals surface area contributed by atoms with Gasteiger partial charge in [0.2, 0.25) is 0 Å². The van der Waals surface area contributed by atoms with Gasteiger partial charge in [0.05, 0.1) is 13.7 Å². The van der Waals surface area contributed by atoms with Gasteiger partial charge >= 0.3 is 5.97 Å². The van der Waals surface area contributed by atoms with Crippen LogP contribution in [0, 0.1) is 5.92 Å². The molecule has 2 rings (SSSR count). The van der Waals surface area contributed by atoms with Crippen molar-refractivity contribution in [2.75, 3.05) is 7.11 Å². The summed E-state index contributed by atoms with van der Waals surface area (Å²) in [4.78, 5) is 23.6. The molecule has 1 fully saturated rings. The molecule has 0 aromatic heterocycles. The maximum Gasteiger partial charge on any atom is 0.305 e. The molecule has 1 saturated carbocycles. The van der Waals surface area contributed by atoms with Crippen molar-refractivity contribution >= 4 is 11.8 Å². The van der Waals surface area contributed by atoms with Gasteiger partial charge < -0.3 is 9.47 Å². The molecule has 0 heterocycles. The van der Waals surface area contributed by atoms with Crippen molar-refractivity contribution in [3.05, 3.63) is 48.6 Å². The first-order valence-corrected chi connectivity index (χ1v) is 7.51. The van der Waals surface area contributed by atoms with E-state index in [0.717, 1.165) is 5.56 Å². The quantitative estimate of drug-likeness (QED) is 0.574. The molecular weight excluding hydrogens is 280 g/mol. The molecule has 0 spiro atoms. The number of ketones is 1. The fourth-order valence-corrected chi connectivity index (χ4v) is 2.86. The van der Waals surface area contributed by atoms with Crippen molar-refractivity contribution in [2.45, 2.75) is 37.9 Å². The predicted molar refractivity (Wildman–Crippen MR) is 83.1 cm³/mol. The lowest BCUT2D eigenvalue weighted by molar-refractivity contribution is -0.141. The van der Waals surface area contributed by atoms with Gasteiger partial charge in [-0.25, -0.2) is 0 Å². The summed E-state index contributed by atoms with van der Waals surface area (Å²) in [7, 11) is 1.37. The summed E-state index contributed by atoms with van der Waals surface area (Å²) in [6, 6.07) is 9.75. The maximum absolute atomic E-state index is 12.4. The van der Waals surface area contributed by atoms with E-state index >= 15 is 0 Å². The van der Waals surface area contributed by atoms with Crippen LogP contribution in [0.3, 0.4) is 0 Å². The van der Waals surface area contributed by atoms with Gasteiger partial charge in [-0.2, -0.15) is 0 Å². The number of methoxy groups -OCH3 is 1. The number of carbonyl (C=O) groups excluding carboxylic acids is 2. The molecule has 0 amide bonds. The second-order valence-corrected chi connectivity index (χ2v) is 5.68. The van der Waals surface area contributed by atoms with Crippen molar-refractivity contribution < 1.29 is 19.1 Å². The van der Waals surface area contributed by atoms with Gasteiger partial charge in [-0.05, 0) is 24.3 Å². The molecule has 1 aromatic rings. The Morgan fingerprint density at radius 1 is 1.41 bits per heavy atom. The second kappa shape index (κ2) is 7.36. The maximum atomic E-state index is 12.4. The number of hydrogen-bond acceptors (Lipinski definition) is 4. The lowest BCUT2D eigenvalue weighted by Gasteiger charge is -2.24. The summed E-state index contributed by atoms with van der Waals surface area (Å²) >= 11 is 0. The van der Waals surface area contributed by atoms with Crippen LogP contribution in [0.5, 0.6) is 0 Å². The summed E-state index contributed by atoms with van der Waals surface area (Å²) in [5, 5.41) is 0. The minimum atomic E-state index is -0.920. The highest BCUT2D eigenvalue weighted by Crippen LogP contribution is 2.38. The van der Waals surface area contributed by atoms with Crippen LogP contribution in [0.25, 0.3) is 0 Å². The Morgan fingerprint density at radius 2 is 2.14 bits per heavy atom. The van der Waals surface area contributed by atoms with Gasteiger partial charge in [-0.15, -0.1) is 0 Å². The van der Waals surface area contributed by atoms with Crippen molar-refractivity contribution in [1.82, 2.24) is 0 Å². The molecule has 4 heteroatoms. The van der Waals surface area contributed by atoms with Crippen molar-refractivity contribution in [3.8, 4) is 0 Å². The molecule has 0 N–H and O–H groups in total. The van der Waals surface area contributed by atoms with E-state index < -0.39 is 5.60 Å².